The lowest BCUT2D eigenvalue weighted by Crippen LogP contribution is -2.33. The maximum Gasteiger partial charge on any atom is 0.401 e. The van der Waals surface area contributed by atoms with Crippen LogP contribution in [0.5, 0.6) is 5.75 Å². The Morgan fingerprint density at radius 3 is 2.54 bits per heavy atom. The molecule has 0 aliphatic rings. The molecule has 138 valence electrons. The molecule has 0 fully saturated rings. The van der Waals surface area contributed by atoms with E-state index in [2.05, 4.69) is 20.7 Å². The minimum absolute atomic E-state index is 0.0161. The van der Waals surface area contributed by atoms with Crippen molar-refractivity contribution < 1.29 is 26.3 Å². The molecule has 0 spiro atoms. The van der Waals surface area contributed by atoms with Crippen LogP contribution in [0.4, 0.5) is 13.2 Å². The molecule has 1 rings (SSSR count). The van der Waals surface area contributed by atoms with Crippen molar-refractivity contribution in [2.24, 2.45) is 0 Å². The predicted octanol–water partition coefficient (Wildman–Crippen LogP) is 3.27. The number of sulfonamides is 1. The van der Waals surface area contributed by atoms with Gasteiger partial charge in [0.25, 0.3) is 0 Å². The van der Waals surface area contributed by atoms with Crippen LogP contribution in [0.3, 0.4) is 0 Å². The normalized spacial score (nSPS) is 12.7. The van der Waals surface area contributed by atoms with Crippen molar-refractivity contribution in [2.75, 3.05) is 33.8 Å². The third-order valence-electron chi connectivity index (χ3n) is 2.93. The highest BCUT2D eigenvalue weighted by Crippen LogP contribution is 2.35. The number of halogens is 5. The van der Waals surface area contributed by atoms with Crippen LogP contribution in [0, 0.1) is 0 Å². The average Bonchev–Trinajstić information content (AvgIpc) is 2.41. The van der Waals surface area contributed by atoms with Gasteiger partial charge in [0, 0.05) is 11.6 Å². The van der Waals surface area contributed by atoms with Gasteiger partial charge in [0.1, 0.15) is 4.90 Å². The lowest BCUT2D eigenvalue weighted by Gasteiger charge is -2.18. The second-order valence-corrected chi connectivity index (χ2v) is 8.05. The van der Waals surface area contributed by atoms with Crippen LogP contribution in [0.1, 0.15) is 6.42 Å². The van der Waals surface area contributed by atoms with Gasteiger partial charge in [-0.1, -0.05) is 11.6 Å². The zero-order valence-corrected chi connectivity index (χ0v) is 16.1. The number of hydrogen-bond acceptors (Lipinski definition) is 4. The van der Waals surface area contributed by atoms with E-state index in [1.165, 1.54) is 26.3 Å². The number of methoxy groups -OCH3 is 1. The first-order valence-corrected chi connectivity index (χ1v) is 9.39. The molecule has 0 saturated carbocycles. The summed E-state index contributed by atoms with van der Waals surface area (Å²) in [5.74, 6) is 0.0982. The molecule has 1 N–H and O–H groups in total. The lowest BCUT2D eigenvalue weighted by atomic mass is 10.3. The van der Waals surface area contributed by atoms with E-state index in [4.69, 9.17) is 16.3 Å². The molecule has 0 aliphatic carbocycles. The Hall–Kier alpha value is -0.550. The predicted molar refractivity (Wildman–Crippen MR) is 89.1 cm³/mol. The zero-order valence-electron chi connectivity index (χ0n) is 13.0. The maximum absolute atomic E-state index is 12.3. The molecule has 0 unspecified atom stereocenters. The van der Waals surface area contributed by atoms with Gasteiger partial charge < -0.3 is 4.74 Å². The van der Waals surface area contributed by atoms with Crippen LogP contribution in [0.25, 0.3) is 0 Å². The number of nitrogens with one attached hydrogen (secondary N) is 1. The number of hydrogen-bond donors (Lipinski definition) is 1. The SMILES string of the molecule is COc1c(Br)cc(Cl)cc1S(=O)(=O)NCCCN(C)CC(F)(F)F. The molecule has 11 heteroatoms. The minimum Gasteiger partial charge on any atom is -0.494 e. The molecule has 1 aromatic carbocycles. The summed E-state index contributed by atoms with van der Waals surface area (Å²) in [6, 6.07) is 2.73. The molecule has 5 nitrogen and oxygen atoms in total. The first-order valence-electron chi connectivity index (χ1n) is 6.74. The standard InChI is InChI=1S/C13H17BrClF3N2O3S/c1-20(8-13(16,17)18)5-3-4-19-24(21,22)11-7-9(15)6-10(14)12(11)23-2/h6-7,19H,3-5,8H2,1-2H3. The summed E-state index contributed by atoms with van der Waals surface area (Å²) in [6.07, 6.45) is -4.06. The van der Waals surface area contributed by atoms with E-state index >= 15 is 0 Å². The lowest BCUT2D eigenvalue weighted by molar-refractivity contribution is -0.143. The molecule has 24 heavy (non-hydrogen) atoms. The molecular weight excluding hydrogens is 437 g/mol. The fourth-order valence-electron chi connectivity index (χ4n) is 1.95. The van der Waals surface area contributed by atoms with Gasteiger partial charge in [0.15, 0.2) is 5.75 Å². The fraction of sp³-hybridized carbons (Fsp3) is 0.538. The summed E-state index contributed by atoms with van der Waals surface area (Å²) in [6.45, 7) is -0.967. The molecule has 0 saturated heterocycles. The van der Waals surface area contributed by atoms with Crippen LogP contribution >= 0.6 is 27.5 Å². The van der Waals surface area contributed by atoms with Crippen LogP contribution in [0.15, 0.2) is 21.5 Å². The van der Waals surface area contributed by atoms with Crippen LogP contribution in [-0.2, 0) is 10.0 Å². The van der Waals surface area contributed by atoms with E-state index in [9.17, 15) is 21.6 Å². The van der Waals surface area contributed by atoms with E-state index in [0.717, 1.165) is 4.90 Å². The fourth-order valence-corrected chi connectivity index (χ4v) is 4.41. The largest absolute Gasteiger partial charge is 0.494 e. The van der Waals surface area contributed by atoms with Gasteiger partial charge in [-0.05, 0) is 48.1 Å². The molecular formula is C13H17BrClF3N2O3S. The average molecular weight is 454 g/mol. The van der Waals surface area contributed by atoms with Crippen molar-refractivity contribution in [3.8, 4) is 5.75 Å². The minimum atomic E-state index is -4.28. The summed E-state index contributed by atoms with van der Waals surface area (Å²) in [7, 11) is -1.27. The Kier molecular flexibility index (Phi) is 7.79. The van der Waals surface area contributed by atoms with Crippen LogP contribution in [-0.4, -0.2) is 53.3 Å². The van der Waals surface area contributed by atoms with E-state index in [-0.39, 0.29) is 35.2 Å². The van der Waals surface area contributed by atoms with Gasteiger partial charge in [-0.15, -0.1) is 0 Å². The Bertz CT molecular complexity index is 671. The first-order chi connectivity index (χ1) is 11.0. The van der Waals surface area contributed by atoms with Gasteiger partial charge in [0.2, 0.25) is 10.0 Å². The van der Waals surface area contributed by atoms with Crippen molar-refractivity contribution in [3.63, 3.8) is 0 Å². The van der Waals surface area contributed by atoms with Crippen molar-refractivity contribution in [2.45, 2.75) is 17.5 Å². The number of benzene rings is 1. The van der Waals surface area contributed by atoms with Crippen molar-refractivity contribution >= 4 is 37.6 Å². The van der Waals surface area contributed by atoms with Gasteiger partial charge >= 0.3 is 6.18 Å². The molecule has 1 aromatic rings. The molecule has 0 amide bonds. The topological polar surface area (TPSA) is 58.6 Å². The monoisotopic (exact) mass is 452 g/mol. The molecule has 0 radical (unpaired) electrons. The van der Waals surface area contributed by atoms with Crippen LogP contribution < -0.4 is 9.46 Å². The summed E-state index contributed by atoms with van der Waals surface area (Å²) in [4.78, 5) is 0.929. The third-order valence-corrected chi connectivity index (χ3v) is 5.20. The summed E-state index contributed by atoms with van der Waals surface area (Å²) >= 11 is 9.02. The van der Waals surface area contributed by atoms with E-state index in [1.807, 2.05) is 0 Å². The molecule has 0 aromatic heterocycles. The van der Waals surface area contributed by atoms with E-state index in [1.54, 1.807) is 0 Å². The number of nitrogens with zero attached hydrogens (tertiary/aromatic N) is 1. The van der Waals surface area contributed by atoms with Crippen molar-refractivity contribution in [1.29, 1.82) is 0 Å². The quantitative estimate of drug-likeness (QED) is 0.614. The number of ether oxygens (including phenoxy) is 1. The van der Waals surface area contributed by atoms with Crippen molar-refractivity contribution in [3.05, 3.63) is 21.6 Å². The second-order valence-electron chi connectivity index (χ2n) is 5.02. The zero-order chi connectivity index (χ0) is 18.5. The number of alkyl halides is 3. The Morgan fingerprint density at radius 2 is 2.00 bits per heavy atom. The van der Waals surface area contributed by atoms with Gasteiger partial charge in [0.05, 0.1) is 18.1 Å². The summed E-state index contributed by atoms with van der Waals surface area (Å²) in [5, 5.41) is 0.202. The highest BCUT2D eigenvalue weighted by molar-refractivity contribution is 9.10. The Balaban J connectivity index is 2.69. The Morgan fingerprint density at radius 1 is 1.38 bits per heavy atom. The Labute approximate surface area is 152 Å². The molecule has 0 atom stereocenters. The van der Waals surface area contributed by atoms with Crippen LogP contribution in [0.2, 0.25) is 5.02 Å². The van der Waals surface area contributed by atoms with E-state index in [0.29, 0.717) is 4.47 Å². The molecule has 0 heterocycles. The molecule has 0 bridgehead atoms. The first kappa shape index (κ1) is 21.5. The van der Waals surface area contributed by atoms with E-state index < -0.39 is 22.7 Å². The van der Waals surface area contributed by atoms with Gasteiger partial charge in [-0.2, -0.15) is 13.2 Å². The number of rotatable bonds is 8. The third kappa shape index (κ3) is 6.75. The highest BCUT2D eigenvalue weighted by Gasteiger charge is 2.29. The second kappa shape index (κ2) is 8.70. The van der Waals surface area contributed by atoms with Crippen molar-refractivity contribution in [1.82, 2.24) is 9.62 Å². The smallest absolute Gasteiger partial charge is 0.401 e. The van der Waals surface area contributed by atoms with Gasteiger partial charge in [-0.25, -0.2) is 13.1 Å². The summed E-state index contributed by atoms with van der Waals surface area (Å²) < 4.78 is 69.0. The molecule has 0 aliphatic heterocycles. The summed E-state index contributed by atoms with van der Waals surface area (Å²) in [5.41, 5.74) is 0. The van der Waals surface area contributed by atoms with Gasteiger partial charge in [-0.3, -0.25) is 4.90 Å². The highest BCUT2D eigenvalue weighted by atomic mass is 79.9. The maximum atomic E-state index is 12.3.